The van der Waals surface area contributed by atoms with Crippen molar-refractivity contribution in [1.82, 2.24) is 10.4 Å². The van der Waals surface area contributed by atoms with E-state index in [0.29, 0.717) is 5.57 Å². The second-order valence-electron chi connectivity index (χ2n) is 3.78. The molecule has 1 aliphatic heterocycles. The van der Waals surface area contributed by atoms with Gasteiger partial charge in [-0.1, -0.05) is 13.8 Å². The van der Waals surface area contributed by atoms with Crippen LogP contribution in [-0.2, 0) is 4.79 Å². The molecule has 1 aromatic rings. The smallest absolute Gasteiger partial charge is 0.273 e. The fourth-order valence-corrected chi connectivity index (χ4v) is 1.52. The Morgan fingerprint density at radius 2 is 2.27 bits per heavy atom. The third-order valence-electron chi connectivity index (χ3n) is 2.27. The summed E-state index contributed by atoms with van der Waals surface area (Å²) in [7, 11) is 0. The molecule has 78 valence electrons. The van der Waals surface area contributed by atoms with E-state index in [4.69, 9.17) is 0 Å². The summed E-state index contributed by atoms with van der Waals surface area (Å²) in [4.78, 5) is 14.5. The van der Waals surface area contributed by atoms with Crippen LogP contribution in [0.2, 0.25) is 0 Å². The van der Waals surface area contributed by atoms with Gasteiger partial charge in [-0.05, 0) is 24.1 Å². The molecule has 0 fully saturated rings. The molecule has 1 amide bonds. The quantitative estimate of drug-likeness (QED) is 0.704. The number of nitrogens with one attached hydrogen (secondary N) is 2. The van der Waals surface area contributed by atoms with E-state index in [0.717, 1.165) is 11.4 Å². The highest BCUT2D eigenvalue weighted by molar-refractivity contribution is 6.27. The predicted molar refractivity (Wildman–Crippen MR) is 59.2 cm³/mol. The molecule has 0 aliphatic carbocycles. The maximum atomic E-state index is 11.5. The molecule has 0 saturated carbocycles. The molecule has 2 heterocycles. The maximum Gasteiger partial charge on any atom is 0.273 e. The lowest BCUT2D eigenvalue weighted by Gasteiger charge is -2.03. The Hall–Kier alpha value is -1.84. The van der Waals surface area contributed by atoms with Crippen LogP contribution in [0, 0.1) is 5.92 Å². The average Bonchev–Trinajstić information content (AvgIpc) is 2.78. The summed E-state index contributed by atoms with van der Waals surface area (Å²) in [5, 5.41) is 4.01. The summed E-state index contributed by atoms with van der Waals surface area (Å²) in [6.07, 6.45) is 3.65. The van der Waals surface area contributed by atoms with Crippen molar-refractivity contribution in [3.63, 3.8) is 0 Å². The molecule has 4 nitrogen and oxygen atoms in total. The lowest BCUT2D eigenvalue weighted by Crippen LogP contribution is -2.15. The number of rotatable bonds is 2. The first-order valence-corrected chi connectivity index (χ1v) is 4.92. The van der Waals surface area contributed by atoms with E-state index in [1.165, 1.54) is 0 Å². The number of hydrogen-bond donors (Lipinski definition) is 2. The summed E-state index contributed by atoms with van der Waals surface area (Å²) in [5.41, 5.74) is 4.85. The van der Waals surface area contributed by atoms with Gasteiger partial charge in [-0.2, -0.15) is 5.10 Å². The zero-order valence-electron chi connectivity index (χ0n) is 8.74. The molecule has 0 radical (unpaired) electrons. The van der Waals surface area contributed by atoms with Crippen LogP contribution in [0.1, 0.15) is 19.5 Å². The summed E-state index contributed by atoms with van der Waals surface area (Å²) in [6, 6.07) is 3.81. The van der Waals surface area contributed by atoms with Crippen molar-refractivity contribution in [2.45, 2.75) is 13.8 Å². The SMILES string of the molecule is CC(C)C1=NNC(=O)/C1=C/c1ccc[nH]1. The molecular weight excluding hydrogens is 190 g/mol. The molecule has 0 unspecified atom stereocenters. The third-order valence-corrected chi connectivity index (χ3v) is 2.27. The summed E-state index contributed by atoms with van der Waals surface area (Å²) in [5.74, 6) is 0.110. The first-order chi connectivity index (χ1) is 7.18. The Labute approximate surface area is 88.1 Å². The molecule has 0 aromatic carbocycles. The minimum atomic E-state index is -0.131. The van der Waals surface area contributed by atoms with Gasteiger partial charge >= 0.3 is 0 Å². The Bertz CT molecular complexity index is 427. The average molecular weight is 203 g/mol. The van der Waals surface area contributed by atoms with Gasteiger partial charge in [-0.15, -0.1) is 0 Å². The molecular formula is C11H13N3O. The lowest BCUT2D eigenvalue weighted by atomic mass is 10.00. The van der Waals surface area contributed by atoms with E-state index in [2.05, 4.69) is 15.5 Å². The molecule has 2 N–H and O–H groups in total. The summed E-state index contributed by atoms with van der Waals surface area (Å²) < 4.78 is 0. The van der Waals surface area contributed by atoms with E-state index < -0.39 is 0 Å². The lowest BCUT2D eigenvalue weighted by molar-refractivity contribution is -0.116. The minimum absolute atomic E-state index is 0.131. The minimum Gasteiger partial charge on any atom is -0.362 e. The van der Waals surface area contributed by atoms with Crippen LogP contribution in [0.4, 0.5) is 0 Å². The van der Waals surface area contributed by atoms with E-state index >= 15 is 0 Å². The van der Waals surface area contributed by atoms with Gasteiger partial charge in [0.15, 0.2) is 0 Å². The van der Waals surface area contributed by atoms with Crippen molar-refractivity contribution in [2.24, 2.45) is 11.0 Å². The van der Waals surface area contributed by atoms with E-state index in [9.17, 15) is 4.79 Å². The first-order valence-electron chi connectivity index (χ1n) is 4.92. The number of carbonyl (C=O) groups excluding carboxylic acids is 1. The van der Waals surface area contributed by atoms with Gasteiger partial charge in [0.1, 0.15) is 0 Å². The summed E-state index contributed by atoms with van der Waals surface area (Å²) in [6.45, 7) is 4.03. The van der Waals surface area contributed by atoms with Crippen molar-refractivity contribution < 1.29 is 4.79 Å². The fraction of sp³-hybridized carbons (Fsp3) is 0.273. The Kier molecular flexibility index (Phi) is 2.41. The third kappa shape index (κ3) is 1.83. The predicted octanol–water partition coefficient (Wildman–Crippen LogP) is 1.54. The van der Waals surface area contributed by atoms with Crippen LogP contribution in [0.25, 0.3) is 6.08 Å². The van der Waals surface area contributed by atoms with E-state index in [1.807, 2.05) is 38.3 Å². The molecule has 0 spiro atoms. The van der Waals surface area contributed by atoms with Crippen LogP contribution in [0.5, 0.6) is 0 Å². The largest absolute Gasteiger partial charge is 0.362 e. The zero-order chi connectivity index (χ0) is 10.8. The second-order valence-corrected chi connectivity index (χ2v) is 3.78. The summed E-state index contributed by atoms with van der Waals surface area (Å²) >= 11 is 0. The number of H-pyrrole nitrogens is 1. The molecule has 2 rings (SSSR count). The Morgan fingerprint density at radius 1 is 1.47 bits per heavy atom. The highest BCUT2D eigenvalue weighted by Gasteiger charge is 2.24. The van der Waals surface area contributed by atoms with Gasteiger partial charge < -0.3 is 4.98 Å². The molecule has 1 aliphatic rings. The number of aromatic nitrogens is 1. The van der Waals surface area contributed by atoms with Gasteiger partial charge in [0.25, 0.3) is 5.91 Å². The second kappa shape index (κ2) is 3.73. The number of carbonyl (C=O) groups is 1. The van der Waals surface area contributed by atoms with Gasteiger partial charge in [-0.25, -0.2) is 5.43 Å². The van der Waals surface area contributed by atoms with Crippen LogP contribution >= 0.6 is 0 Å². The zero-order valence-corrected chi connectivity index (χ0v) is 8.74. The fourth-order valence-electron chi connectivity index (χ4n) is 1.52. The van der Waals surface area contributed by atoms with Crippen molar-refractivity contribution in [2.75, 3.05) is 0 Å². The van der Waals surface area contributed by atoms with Crippen LogP contribution in [0.15, 0.2) is 29.0 Å². The number of aromatic amines is 1. The molecule has 0 saturated heterocycles. The highest BCUT2D eigenvalue weighted by atomic mass is 16.2. The van der Waals surface area contributed by atoms with Crippen molar-refractivity contribution in [3.05, 3.63) is 29.6 Å². The van der Waals surface area contributed by atoms with Crippen molar-refractivity contribution in [3.8, 4) is 0 Å². The molecule has 1 aromatic heterocycles. The van der Waals surface area contributed by atoms with E-state index in [-0.39, 0.29) is 11.8 Å². The Balaban J connectivity index is 2.35. The van der Waals surface area contributed by atoms with Gasteiger partial charge in [0, 0.05) is 11.9 Å². The monoisotopic (exact) mass is 203 g/mol. The van der Waals surface area contributed by atoms with Gasteiger partial charge in [0.2, 0.25) is 0 Å². The number of hydrazone groups is 1. The molecule has 4 heteroatoms. The highest BCUT2D eigenvalue weighted by Crippen LogP contribution is 2.16. The number of hydrogen-bond acceptors (Lipinski definition) is 2. The maximum absolute atomic E-state index is 11.5. The first kappa shape index (κ1) is 9.71. The van der Waals surface area contributed by atoms with Gasteiger partial charge in [0.05, 0.1) is 11.3 Å². The van der Waals surface area contributed by atoms with Crippen LogP contribution in [0.3, 0.4) is 0 Å². The van der Waals surface area contributed by atoms with Gasteiger partial charge in [-0.3, -0.25) is 4.79 Å². The number of amides is 1. The molecule has 15 heavy (non-hydrogen) atoms. The molecule has 0 bridgehead atoms. The topological polar surface area (TPSA) is 57.2 Å². The van der Waals surface area contributed by atoms with Crippen molar-refractivity contribution in [1.29, 1.82) is 0 Å². The Morgan fingerprint density at radius 3 is 2.87 bits per heavy atom. The van der Waals surface area contributed by atoms with Crippen molar-refractivity contribution >= 4 is 17.7 Å². The van der Waals surface area contributed by atoms with E-state index in [1.54, 1.807) is 0 Å². The van der Waals surface area contributed by atoms with Crippen LogP contribution in [-0.4, -0.2) is 16.6 Å². The van der Waals surface area contributed by atoms with Crippen LogP contribution < -0.4 is 5.43 Å². The standard InChI is InChI=1S/C11H13N3O/c1-7(2)10-9(11(15)14-13-10)6-8-4-3-5-12-8/h3-7,12H,1-2H3,(H,14,15)/b9-6+. The number of nitrogens with zero attached hydrogens (tertiary/aromatic N) is 1. The normalized spacial score (nSPS) is 18.5. The molecule has 0 atom stereocenters.